The van der Waals surface area contributed by atoms with Gasteiger partial charge in [-0.15, -0.1) is 40.9 Å². The van der Waals surface area contributed by atoms with Gasteiger partial charge in [-0.25, -0.2) is 24.9 Å². The summed E-state index contributed by atoms with van der Waals surface area (Å²) in [5.41, 5.74) is 2.40. The van der Waals surface area contributed by atoms with Crippen LogP contribution in [0.3, 0.4) is 0 Å². The lowest BCUT2D eigenvalue weighted by Gasteiger charge is -2.08. The van der Waals surface area contributed by atoms with Crippen molar-refractivity contribution >= 4 is 159 Å². The van der Waals surface area contributed by atoms with Gasteiger partial charge < -0.3 is 30.5 Å². The van der Waals surface area contributed by atoms with Crippen LogP contribution in [0.2, 0.25) is 20.1 Å². The van der Waals surface area contributed by atoms with Crippen LogP contribution in [0.5, 0.6) is 23.0 Å². The number of aliphatic imine (C=N–C) groups is 1. The summed E-state index contributed by atoms with van der Waals surface area (Å²) in [5.74, 6) is 2.11. The Kier molecular flexibility index (Phi) is 21.9. The highest BCUT2D eigenvalue weighted by Gasteiger charge is 2.12. The van der Waals surface area contributed by atoms with Crippen LogP contribution in [-0.4, -0.2) is 77.3 Å². The molecule has 0 saturated carbocycles. The van der Waals surface area contributed by atoms with E-state index in [1.54, 1.807) is 52.8 Å². The average Bonchev–Trinajstić information content (AvgIpc) is 4.19. The van der Waals surface area contributed by atoms with Crippen LogP contribution < -0.4 is 5.32 Å². The Morgan fingerprint density at radius 3 is 1.47 bits per heavy atom. The van der Waals surface area contributed by atoms with E-state index in [2.05, 4.69) is 88.7 Å². The van der Waals surface area contributed by atoms with Crippen molar-refractivity contribution in [2.45, 2.75) is 41.0 Å². The minimum absolute atomic E-state index is 0.0207. The predicted molar refractivity (Wildman–Crippen MR) is 282 cm³/mol. The van der Waals surface area contributed by atoms with Crippen LogP contribution in [0.1, 0.15) is 36.6 Å². The number of halogens is 4. The molecule has 0 spiro atoms. The highest BCUT2D eigenvalue weighted by molar-refractivity contribution is 7.10. The molecule has 0 unspecified atom stereocenters. The van der Waals surface area contributed by atoms with Crippen molar-refractivity contribution in [3.8, 4) is 23.0 Å². The lowest BCUT2D eigenvalue weighted by molar-refractivity contribution is -0.115. The highest BCUT2D eigenvalue weighted by atomic mass is 35.5. The van der Waals surface area contributed by atoms with E-state index >= 15 is 0 Å². The van der Waals surface area contributed by atoms with Gasteiger partial charge in [0.1, 0.15) is 51.9 Å². The second-order valence-electron chi connectivity index (χ2n) is 13.6. The summed E-state index contributed by atoms with van der Waals surface area (Å²) >= 11 is 27.8. The number of carbonyl (C=O) groups is 1. The fraction of sp³-hybridized carbons (Fsp3) is 0.171. The van der Waals surface area contributed by atoms with E-state index in [4.69, 9.17) is 51.1 Å². The minimum Gasteiger partial charge on any atom is -0.506 e. The van der Waals surface area contributed by atoms with Crippen LogP contribution in [0.25, 0.3) is 0 Å². The third-order valence-corrected chi connectivity index (χ3v) is 11.9. The number of aromatic hydroxyl groups is 4. The summed E-state index contributed by atoms with van der Waals surface area (Å²) in [6, 6.07) is 14.9. The zero-order chi connectivity index (χ0) is 53.0. The van der Waals surface area contributed by atoms with Gasteiger partial charge in [-0.3, -0.25) is 4.79 Å². The molecule has 0 atom stereocenters. The number of benzene rings is 4. The molecular weight excluding hydrogens is 1110 g/mol. The summed E-state index contributed by atoms with van der Waals surface area (Å²) < 4.78 is 20.6. The molecule has 1 amide bonds. The molecular formula is C41H36Cl4N18O6S4. The molecule has 0 aliphatic rings. The van der Waals surface area contributed by atoms with Gasteiger partial charge in [-0.1, -0.05) is 53.3 Å². The molecule has 0 aliphatic heterocycles. The van der Waals surface area contributed by atoms with E-state index in [0.29, 0.717) is 72.3 Å². The minimum atomic E-state index is -0.241. The van der Waals surface area contributed by atoms with Crippen molar-refractivity contribution in [2.24, 2.45) is 45.9 Å². The van der Waals surface area contributed by atoms with Gasteiger partial charge in [0.15, 0.2) is 12.2 Å². The molecule has 8 aromatic rings. The van der Waals surface area contributed by atoms with Gasteiger partial charge in [-0.05, 0) is 82.3 Å². The van der Waals surface area contributed by atoms with E-state index in [1.165, 1.54) is 79.0 Å². The number of phenolic OH excluding ortho intramolecular Hbond substituents is 4. The molecule has 5 N–H and O–H groups in total. The Morgan fingerprint density at radius 1 is 0.548 bits per heavy atom. The third kappa shape index (κ3) is 18.7. The number of nitrogens with one attached hydrogen (secondary N) is 1. The Hall–Kier alpha value is -7.18. The number of nitrogens with zero attached hydrogens (tertiary/aromatic N) is 17. The number of ether oxygens (including phenoxy) is 1. The molecule has 0 radical (unpaired) electrons. The maximum atomic E-state index is 11.4. The zero-order valence-electron chi connectivity index (χ0n) is 38.4. The predicted octanol–water partition coefficient (Wildman–Crippen LogP) is 15.1. The maximum absolute atomic E-state index is 11.4. The second-order valence-corrected chi connectivity index (χ2v) is 18.1. The smallest absolute Gasteiger partial charge is 0.249 e. The normalized spacial score (nSPS) is 11.2. The largest absolute Gasteiger partial charge is 0.506 e. The fourth-order valence-electron chi connectivity index (χ4n) is 4.63. The number of amides is 1. The molecule has 378 valence electrons. The summed E-state index contributed by atoms with van der Waals surface area (Å²) in [6.07, 6.45) is 1.51. The first-order chi connectivity index (χ1) is 34.9. The Bertz CT molecular complexity index is 3310. The van der Waals surface area contributed by atoms with Crippen molar-refractivity contribution in [3.63, 3.8) is 0 Å². The molecule has 0 fully saturated rings. The third-order valence-electron chi connectivity index (χ3n) is 7.91. The number of aryl methyl sites for hydroxylation is 4. The monoisotopic (exact) mass is 1140 g/mol. The Balaban J connectivity index is 0.000000181. The standard InChI is InChI=1S/C12H12ClN5O2S.C11H11N5O2S.C9H6Cl2N4OS.C9H7ClN4OS/c1-3-10(19)15-9-5-7(4-8(13)11(9)20)16-17-12-14-6(2)18-21-12;1-7-13-11(19-16-7)15-14-8-3-4-10(17)9(5-8)12-6-18-2;1-4-12-9(17-15-4)14-13-7-2-6(11)8(16)3-5(7)10;1-5-11-9(16-14-5)13-12-6-2-3-8(15)7(10)4-6/h4-5,20H,3H2,1-2H3,(H,15,19);3-6,17H,1-2H3;2-3,16H,1H3;2-4,15H,1H3. The SMILES string of the molecule is CCC(=O)Nc1cc(N=Nc2nc(C)ns2)cc(Cl)c1O.COC=Nc1cc(N=Nc2nc(C)ns2)ccc1O.Cc1nsc(N=Nc2cc(Cl)c(O)cc2Cl)n1.Cc1nsc(N=Nc2ccc(O)c(Cl)c2)n1. The summed E-state index contributed by atoms with van der Waals surface area (Å²) in [7, 11) is 1.47. The first-order valence-electron chi connectivity index (χ1n) is 20.1. The number of aromatic nitrogens is 8. The van der Waals surface area contributed by atoms with Crippen molar-refractivity contribution in [1.29, 1.82) is 0 Å². The lowest BCUT2D eigenvalue weighted by atomic mass is 10.2. The number of hydrogen-bond donors (Lipinski definition) is 5. The second kappa shape index (κ2) is 28.2. The summed E-state index contributed by atoms with van der Waals surface area (Å²) in [6.45, 7) is 8.79. The molecule has 24 nitrogen and oxygen atoms in total. The Labute approximate surface area is 450 Å². The van der Waals surface area contributed by atoms with E-state index in [-0.39, 0.29) is 61.1 Å². The van der Waals surface area contributed by atoms with Gasteiger partial charge in [0.2, 0.25) is 26.4 Å². The Morgan fingerprint density at radius 2 is 1.00 bits per heavy atom. The molecule has 4 heterocycles. The van der Waals surface area contributed by atoms with Crippen LogP contribution in [0, 0.1) is 27.7 Å². The number of anilines is 1. The topological polar surface area (TPSA) is 334 Å². The molecule has 73 heavy (non-hydrogen) atoms. The quantitative estimate of drug-likeness (QED) is 0.0329. The van der Waals surface area contributed by atoms with E-state index in [0.717, 1.165) is 23.1 Å². The fourth-order valence-corrected chi connectivity index (χ4v) is 7.39. The van der Waals surface area contributed by atoms with E-state index in [9.17, 15) is 25.2 Å². The lowest BCUT2D eigenvalue weighted by Crippen LogP contribution is -2.09. The van der Waals surface area contributed by atoms with Gasteiger partial charge in [0.25, 0.3) is 0 Å². The van der Waals surface area contributed by atoms with Crippen LogP contribution in [0.4, 0.5) is 54.7 Å². The number of methoxy groups -OCH3 is 1. The van der Waals surface area contributed by atoms with Gasteiger partial charge in [0.05, 0.1) is 49.9 Å². The van der Waals surface area contributed by atoms with E-state index in [1.807, 2.05) is 0 Å². The first kappa shape index (κ1) is 56.7. The van der Waals surface area contributed by atoms with E-state index < -0.39 is 0 Å². The maximum Gasteiger partial charge on any atom is 0.249 e. The van der Waals surface area contributed by atoms with Crippen molar-refractivity contribution in [2.75, 3.05) is 12.4 Å². The number of phenols is 4. The molecule has 0 bridgehead atoms. The molecule has 0 aliphatic carbocycles. The van der Waals surface area contributed by atoms with Crippen molar-refractivity contribution in [1.82, 2.24) is 37.4 Å². The van der Waals surface area contributed by atoms with Crippen LogP contribution >= 0.6 is 92.5 Å². The molecule has 32 heteroatoms. The average molecular weight is 1150 g/mol. The van der Waals surface area contributed by atoms with Crippen LogP contribution in [0.15, 0.2) is 107 Å². The van der Waals surface area contributed by atoms with Gasteiger partial charge in [-0.2, -0.15) is 17.5 Å². The molecule has 4 aromatic heterocycles. The van der Waals surface area contributed by atoms with Gasteiger partial charge in [0, 0.05) is 58.6 Å². The summed E-state index contributed by atoms with van der Waals surface area (Å²) in [4.78, 5) is 31.5. The number of hydrogen-bond acceptors (Lipinski definition) is 27. The number of rotatable bonds is 12. The highest BCUT2D eigenvalue weighted by Crippen LogP contribution is 2.38. The van der Waals surface area contributed by atoms with Crippen molar-refractivity contribution in [3.05, 3.63) is 104 Å². The van der Waals surface area contributed by atoms with Crippen molar-refractivity contribution < 1.29 is 30.0 Å². The first-order valence-corrected chi connectivity index (χ1v) is 24.8. The number of azo groups is 4. The zero-order valence-corrected chi connectivity index (χ0v) is 44.7. The molecule has 0 saturated heterocycles. The molecule has 4 aromatic carbocycles. The molecule has 8 rings (SSSR count). The van der Waals surface area contributed by atoms with Gasteiger partial charge >= 0.3 is 0 Å². The van der Waals surface area contributed by atoms with Crippen LogP contribution in [-0.2, 0) is 9.53 Å². The number of carbonyl (C=O) groups excluding carboxylic acids is 1. The summed E-state index contributed by atoms with van der Waals surface area (Å²) in [5, 5.41) is 74.5.